The van der Waals surface area contributed by atoms with Crippen molar-refractivity contribution >= 4 is 41.7 Å². The van der Waals surface area contributed by atoms with E-state index in [1.807, 2.05) is 17.8 Å². The molecule has 2 N–H and O–H groups in total. The maximum atomic E-state index is 5.03. The summed E-state index contributed by atoms with van der Waals surface area (Å²) in [4.78, 5) is 5.88. The molecule has 1 rings (SSSR count). The van der Waals surface area contributed by atoms with Crippen LogP contribution in [-0.2, 0) is 4.74 Å². The molecule has 0 fully saturated rings. The van der Waals surface area contributed by atoms with Crippen molar-refractivity contribution in [3.8, 4) is 0 Å². The number of hydrogen-bond acceptors (Lipinski definition) is 3. The fourth-order valence-electron chi connectivity index (χ4n) is 1.60. The van der Waals surface area contributed by atoms with Gasteiger partial charge in [-0.3, -0.25) is 4.99 Å². The second kappa shape index (κ2) is 13.2. The van der Waals surface area contributed by atoms with E-state index < -0.39 is 0 Å². The number of thioether (sulfide) groups is 1. The Kier molecular flexibility index (Phi) is 12.9. The Morgan fingerprint density at radius 1 is 1.29 bits per heavy atom. The summed E-state index contributed by atoms with van der Waals surface area (Å²) in [7, 11) is 1.70. The first kappa shape index (κ1) is 20.5. The van der Waals surface area contributed by atoms with E-state index in [1.165, 1.54) is 4.90 Å². The fraction of sp³-hybridized carbons (Fsp3) is 0.533. The van der Waals surface area contributed by atoms with Crippen molar-refractivity contribution in [2.45, 2.75) is 24.0 Å². The molecule has 1 unspecified atom stereocenters. The third-order valence-electron chi connectivity index (χ3n) is 2.53. The zero-order chi connectivity index (χ0) is 14.6. The van der Waals surface area contributed by atoms with Crippen LogP contribution in [0.15, 0.2) is 40.2 Å². The van der Waals surface area contributed by atoms with Gasteiger partial charge in [0.25, 0.3) is 0 Å². The largest absolute Gasteiger partial charge is 0.383 e. The van der Waals surface area contributed by atoms with Crippen LogP contribution in [-0.4, -0.2) is 44.6 Å². The minimum absolute atomic E-state index is 0. The van der Waals surface area contributed by atoms with E-state index in [0.717, 1.165) is 25.6 Å². The highest BCUT2D eigenvalue weighted by Crippen LogP contribution is 2.22. The van der Waals surface area contributed by atoms with Crippen molar-refractivity contribution < 1.29 is 4.74 Å². The van der Waals surface area contributed by atoms with Crippen LogP contribution < -0.4 is 10.6 Å². The molecule has 4 nitrogen and oxygen atoms in total. The third kappa shape index (κ3) is 9.97. The maximum absolute atomic E-state index is 5.03. The Balaban J connectivity index is 0.00000400. The van der Waals surface area contributed by atoms with E-state index in [2.05, 4.69) is 53.7 Å². The molecule has 0 aliphatic heterocycles. The number of aliphatic imine (C=N–C) groups is 1. The van der Waals surface area contributed by atoms with Gasteiger partial charge in [-0.25, -0.2) is 0 Å². The van der Waals surface area contributed by atoms with Crippen molar-refractivity contribution in [1.82, 2.24) is 10.6 Å². The van der Waals surface area contributed by atoms with Crippen LogP contribution in [0, 0.1) is 0 Å². The smallest absolute Gasteiger partial charge is 0.191 e. The zero-order valence-corrected chi connectivity index (χ0v) is 16.1. The van der Waals surface area contributed by atoms with E-state index in [1.54, 1.807) is 7.11 Å². The SMILES string of the molecule is CCNC(=NCC(C)Sc1ccccc1)NCCOC.I. The highest BCUT2D eigenvalue weighted by molar-refractivity contribution is 14.0. The first-order chi connectivity index (χ1) is 9.76. The molecule has 0 aromatic heterocycles. The molecule has 0 aliphatic rings. The maximum Gasteiger partial charge on any atom is 0.191 e. The predicted molar refractivity (Wildman–Crippen MR) is 103 cm³/mol. The average molecular weight is 423 g/mol. The van der Waals surface area contributed by atoms with Crippen molar-refractivity contribution in [3.05, 3.63) is 30.3 Å². The molecule has 0 aliphatic carbocycles. The number of nitrogens with one attached hydrogen (secondary N) is 2. The third-order valence-corrected chi connectivity index (χ3v) is 3.63. The second-order valence-corrected chi connectivity index (χ2v) is 5.89. The zero-order valence-electron chi connectivity index (χ0n) is 13.0. The molecule has 1 aromatic carbocycles. The number of halogens is 1. The molecule has 0 heterocycles. The van der Waals surface area contributed by atoms with Gasteiger partial charge >= 0.3 is 0 Å². The summed E-state index contributed by atoms with van der Waals surface area (Å²) in [5.74, 6) is 0.852. The van der Waals surface area contributed by atoms with Gasteiger partial charge in [-0.05, 0) is 19.1 Å². The summed E-state index contributed by atoms with van der Waals surface area (Å²) in [6.07, 6.45) is 0. The number of nitrogens with zero attached hydrogens (tertiary/aromatic N) is 1. The minimum atomic E-state index is 0. The van der Waals surface area contributed by atoms with Gasteiger partial charge in [-0.1, -0.05) is 25.1 Å². The first-order valence-electron chi connectivity index (χ1n) is 6.99. The minimum Gasteiger partial charge on any atom is -0.383 e. The second-order valence-electron chi connectivity index (χ2n) is 4.38. The predicted octanol–water partition coefficient (Wildman–Crippen LogP) is 2.99. The van der Waals surface area contributed by atoms with E-state index in [0.29, 0.717) is 11.9 Å². The number of benzene rings is 1. The molecule has 1 aromatic rings. The van der Waals surface area contributed by atoms with E-state index in [4.69, 9.17) is 4.74 Å². The number of methoxy groups -OCH3 is 1. The standard InChI is InChI=1S/C15H25N3OS.HI/c1-4-16-15(17-10-11-19-3)18-12-13(2)20-14-8-6-5-7-9-14;/h5-9,13H,4,10-12H2,1-3H3,(H2,16,17,18);1H. The van der Waals surface area contributed by atoms with Crippen LogP contribution in [0.5, 0.6) is 0 Å². The van der Waals surface area contributed by atoms with Crippen molar-refractivity contribution in [2.24, 2.45) is 4.99 Å². The van der Waals surface area contributed by atoms with Crippen LogP contribution in [0.2, 0.25) is 0 Å². The van der Waals surface area contributed by atoms with Gasteiger partial charge in [0.05, 0.1) is 13.2 Å². The Hall–Kier alpha value is -0.470. The van der Waals surface area contributed by atoms with Crippen molar-refractivity contribution in [1.29, 1.82) is 0 Å². The van der Waals surface area contributed by atoms with Crippen LogP contribution in [0.1, 0.15) is 13.8 Å². The van der Waals surface area contributed by atoms with Crippen LogP contribution >= 0.6 is 35.7 Å². The summed E-state index contributed by atoms with van der Waals surface area (Å²) in [6, 6.07) is 10.4. The van der Waals surface area contributed by atoms with Crippen LogP contribution in [0.3, 0.4) is 0 Å². The lowest BCUT2D eigenvalue weighted by Gasteiger charge is -2.13. The number of ether oxygens (including phenoxy) is 1. The van der Waals surface area contributed by atoms with Crippen molar-refractivity contribution in [3.63, 3.8) is 0 Å². The van der Waals surface area contributed by atoms with Gasteiger partial charge in [0.1, 0.15) is 0 Å². The molecule has 6 heteroatoms. The molecule has 0 amide bonds. The lowest BCUT2D eigenvalue weighted by molar-refractivity contribution is 0.203. The monoisotopic (exact) mass is 423 g/mol. The lowest BCUT2D eigenvalue weighted by atomic mass is 10.4. The van der Waals surface area contributed by atoms with Crippen LogP contribution in [0.4, 0.5) is 0 Å². The normalized spacial score (nSPS) is 12.4. The highest BCUT2D eigenvalue weighted by atomic mass is 127. The quantitative estimate of drug-likeness (QED) is 0.222. The van der Waals surface area contributed by atoms with Gasteiger partial charge < -0.3 is 15.4 Å². The van der Waals surface area contributed by atoms with Gasteiger partial charge in [0, 0.05) is 30.3 Å². The molecule has 120 valence electrons. The van der Waals surface area contributed by atoms with Crippen LogP contribution in [0.25, 0.3) is 0 Å². The number of hydrogen-bond donors (Lipinski definition) is 2. The molecule has 0 radical (unpaired) electrons. The van der Waals surface area contributed by atoms with Gasteiger partial charge in [-0.15, -0.1) is 35.7 Å². The summed E-state index contributed by atoms with van der Waals surface area (Å²) in [5, 5.41) is 6.92. The highest BCUT2D eigenvalue weighted by Gasteiger charge is 2.04. The van der Waals surface area contributed by atoms with E-state index >= 15 is 0 Å². The lowest BCUT2D eigenvalue weighted by Crippen LogP contribution is -2.39. The number of rotatable bonds is 8. The fourth-order valence-corrected chi connectivity index (χ4v) is 2.53. The molecule has 0 bridgehead atoms. The molecule has 0 saturated carbocycles. The number of guanidine groups is 1. The summed E-state index contributed by atoms with van der Waals surface area (Å²) in [6.45, 7) is 7.34. The molecule has 0 spiro atoms. The molecule has 21 heavy (non-hydrogen) atoms. The molecule has 0 saturated heterocycles. The summed E-state index contributed by atoms with van der Waals surface area (Å²) in [5.41, 5.74) is 0. The van der Waals surface area contributed by atoms with Gasteiger partial charge in [-0.2, -0.15) is 0 Å². The summed E-state index contributed by atoms with van der Waals surface area (Å²) < 4.78 is 5.03. The Morgan fingerprint density at radius 3 is 2.62 bits per heavy atom. The van der Waals surface area contributed by atoms with Gasteiger partial charge in [0.2, 0.25) is 0 Å². The summed E-state index contributed by atoms with van der Waals surface area (Å²) >= 11 is 1.84. The first-order valence-corrected chi connectivity index (χ1v) is 7.87. The molecular formula is C15H26IN3OS. The molecular weight excluding hydrogens is 397 g/mol. The van der Waals surface area contributed by atoms with Gasteiger partial charge in [0.15, 0.2) is 5.96 Å². The van der Waals surface area contributed by atoms with E-state index in [9.17, 15) is 0 Å². The topological polar surface area (TPSA) is 45.7 Å². The Morgan fingerprint density at radius 2 is 2.00 bits per heavy atom. The van der Waals surface area contributed by atoms with E-state index in [-0.39, 0.29) is 24.0 Å². The Bertz CT molecular complexity index is 390. The Labute approximate surface area is 149 Å². The van der Waals surface area contributed by atoms with Crippen molar-refractivity contribution in [2.75, 3.05) is 33.4 Å². The average Bonchev–Trinajstić information content (AvgIpc) is 2.46. The molecule has 1 atom stereocenters.